The zero-order valence-electron chi connectivity index (χ0n) is 19.5. The Balaban J connectivity index is 1.97. The van der Waals surface area contributed by atoms with Gasteiger partial charge in [0.1, 0.15) is 11.7 Å². The van der Waals surface area contributed by atoms with Gasteiger partial charge in [0, 0.05) is 39.0 Å². The Bertz CT molecular complexity index is 1130. The fourth-order valence-electron chi connectivity index (χ4n) is 3.65. The van der Waals surface area contributed by atoms with Gasteiger partial charge < -0.3 is 19.3 Å². The molecule has 1 aliphatic heterocycles. The molecule has 3 rings (SSSR count). The molecule has 2 aromatic rings. The number of rotatable bonds is 7. The van der Waals surface area contributed by atoms with Gasteiger partial charge in [-0.25, -0.2) is 18.4 Å². The predicted molar refractivity (Wildman–Crippen MR) is 123 cm³/mol. The first-order valence-corrected chi connectivity index (χ1v) is 12.2. The van der Waals surface area contributed by atoms with Crippen LogP contribution in [-0.2, 0) is 17.1 Å². The highest BCUT2D eigenvalue weighted by Gasteiger charge is 2.36. The third-order valence-electron chi connectivity index (χ3n) is 5.69. The summed E-state index contributed by atoms with van der Waals surface area (Å²) in [6, 6.07) is 1.27. The molecule has 180 valence electrons. The lowest BCUT2D eigenvalue weighted by molar-refractivity contribution is 0.0373. The predicted octanol–water partition coefficient (Wildman–Crippen LogP) is 1.39. The van der Waals surface area contributed by atoms with Gasteiger partial charge in [0.15, 0.2) is 5.03 Å². The molecule has 0 unspecified atom stereocenters. The van der Waals surface area contributed by atoms with Crippen LogP contribution in [0, 0.1) is 5.92 Å². The van der Waals surface area contributed by atoms with E-state index >= 15 is 0 Å². The molecule has 0 aliphatic carbocycles. The first kappa shape index (κ1) is 24.9. The third kappa shape index (κ3) is 5.26. The normalized spacial score (nSPS) is 20.5. The van der Waals surface area contributed by atoms with Crippen LogP contribution >= 0.6 is 0 Å². The molecule has 2 aromatic heterocycles. The molecule has 1 aliphatic rings. The van der Waals surface area contributed by atoms with Crippen molar-refractivity contribution in [2.75, 3.05) is 26.7 Å². The molecule has 0 saturated heterocycles. The van der Waals surface area contributed by atoms with Crippen LogP contribution in [0.25, 0.3) is 6.08 Å². The van der Waals surface area contributed by atoms with E-state index in [4.69, 9.17) is 4.74 Å². The number of ether oxygens (including phenoxy) is 1. The lowest BCUT2D eigenvalue weighted by atomic mass is 10.00. The van der Waals surface area contributed by atoms with Crippen LogP contribution in [0.3, 0.4) is 0 Å². The number of fused-ring (bicyclic) bond motifs is 1. The van der Waals surface area contributed by atoms with Crippen LogP contribution in [-0.4, -0.2) is 82.1 Å². The van der Waals surface area contributed by atoms with Crippen molar-refractivity contribution in [1.29, 1.82) is 0 Å². The number of likely N-dealkylation sites (N-methyl/N-ethyl adjacent to an activating group) is 1. The van der Waals surface area contributed by atoms with Crippen molar-refractivity contribution >= 4 is 22.0 Å². The van der Waals surface area contributed by atoms with Crippen LogP contribution in [0.4, 0.5) is 0 Å². The number of pyridine rings is 1. The number of aromatic nitrogens is 3. The summed E-state index contributed by atoms with van der Waals surface area (Å²) in [4.78, 5) is 23.2. The first-order valence-electron chi connectivity index (χ1n) is 10.7. The average Bonchev–Trinajstić information content (AvgIpc) is 3.23. The van der Waals surface area contributed by atoms with Gasteiger partial charge in [-0.2, -0.15) is 4.31 Å². The topological polar surface area (TPSA) is 118 Å². The third-order valence-corrected chi connectivity index (χ3v) is 7.40. The minimum atomic E-state index is -3.83. The van der Waals surface area contributed by atoms with Crippen LogP contribution in [0.1, 0.15) is 36.7 Å². The molecule has 0 fully saturated rings. The van der Waals surface area contributed by atoms with Crippen molar-refractivity contribution in [2.45, 2.75) is 37.9 Å². The molecule has 11 heteroatoms. The molecule has 0 bridgehead atoms. The number of hydrogen-bond donors (Lipinski definition) is 1. The average molecular weight is 478 g/mol. The SMILES string of the molecule is C/C=C/c1cnc2c(c1)C(=O)N([C@@H](C)CO)C[C@H](C)[C@@H](CN(C)S(=O)(=O)c1cn(C)cn1)O2. The van der Waals surface area contributed by atoms with Crippen molar-refractivity contribution in [3.8, 4) is 5.88 Å². The van der Waals surface area contributed by atoms with Gasteiger partial charge >= 0.3 is 0 Å². The number of sulfonamides is 1. The van der Waals surface area contributed by atoms with Gasteiger partial charge in [-0.1, -0.05) is 19.1 Å². The number of carbonyl (C=O) groups excluding carboxylic acids is 1. The van der Waals surface area contributed by atoms with Gasteiger partial charge in [0.2, 0.25) is 5.88 Å². The second-order valence-electron chi connectivity index (χ2n) is 8.41. The van der Waals surface area contributed by atoms with E-state index in [1.54, 1.807) is 35.7 Å². The molecule has 0 aromatic carbocycles. The molecular formula is C22H31N5O5S. The highest BCUT2D eigenvalue weighted by atomic mass is 32.2. The van der Waals surface area contributed by atoms with Crippen LogP contribution in [0.2, 0.25) is 0 Å². The summed E-state index contributed by atoms with van der Waals surface area (Å²) in [5.74, 6) is -0.386. The highest BCUT2D eigenvalue weighted by Crippen LogP contribution is 2.28. The summed E-state index contributed by atoms with van der Waals surface area (Å²) in [6.07, 6.45) is 7.55. The number of aliphatic hydroxyl groups excluding tert-OH is 1. The van der Waals surface area contributed by atoms with Crippen molar-refractivity contribution in [3.05, 3.63) is 42.0 Å². The summed E-state index contributed by atoms with van der Waals surface area (Å²) < 4.78 is 34.9. The molecule has 3 atom stereocenters. The Morgan fingerprint density at radius 3 is 2.73 bits per heavy atom. The molecule has 3 heterocycles. The van der Waals surface area contributed by atoms with E-state index in [2.05, 4.69) is 9.97 Å². The summed E-state index contributed by atoms with van der Waals surface area (Å²) in [5.41, 5.74) is 1.02. The van der Waals surface area contributed by atoms with Crippen LogP contribution in [0.15, 0.2) is 35.9 Å². The fraction of sp³-hybridized carbons (Fsp3) is 0.500. The van der Waals surface area contributed by atoms with E-state index in [9.17, 15) is 18.3 Å². The number of carbonyl (C=O) groups is 1. The van der Waals surface area contributed by atoms with E-state index in [0.29, 0.717) is 0 Å². The molecule has 1 amide bonds. The standard InChI is InChI=1S/C22H31N5O5S/c1-6-7-17-8-18-21(23-9-17)32-19(15(2)10-27(22(18)29)16(3)13-28)11-26(5)33(30,31)20-12-25(4)14-24-20/h6-9,12,14-16,19,28H,10-11,13H2,1-5H3/b7-6+/t15-,16-,19+/m0/s1. The largest absolute Gasteiger partial charge is 0.472 e. The van der Waals surface area contributed by atoms with E-state index in [1.807, 2.05) is 26.0 Å². The van der Waals surface area contributed by atoms with Crippen LogP contribution < -0.4 is 4.74 Å². The Morgan fingerprint density at radius 1 is 1.39 bits per heavy atom. The second kappa shape index (κ2) is 10.0. The first-order chi connectivity index (χ1) is 15.6. The Hall–Kier alpha value is -2.76. The maximum atomic E-state index is 13.3. The maximum Gasteiger partial charge on any atom is 0.261 e. The van der Waals surface area contributed by atoms with Crippen molar-refractivity contribution in [2.24, 2.45) is 13.0 Å². The van der Waals surface area contributed by atoms with E-state index < -0.39 is 22.2 Å². The molecule has 0 radical (unpaired) electrons. The lowest BCUT2D eigenvalue weighted by Crippen LogP contribution is -2.50. The molecular weight excluding hydrogens is 446 g/mol. The molecule has 0 spiro atoms. The fourth-order valence-corrected chi connectivity index (χ4v) is 4.80. The number of aryl methyl sites for hydroxylation is 1. The molecule has 1 N–H and O–H groups in total. The summed E-state index contributed by atoms with van der Waals surface area (Å²) in [6.45, 7) is 5.64. The number of amides is 1. The summed E-state index contributed by atoms with van der Waals surface area (Å²) >= 11 is 0. The zero-order chi connectivity index (χ0) is 24.3. The number of allylic oxidation sites excluding steroid dienone is 1. The van der Waals surface area contributed by atoms with Crippen molar-refractivity contribution < 1.29 is 23.1 Å². The van der Waals surface area contributed by atoms with Gasteiger partial charge in [-0.15, -0.1) is 0 Å². The Kier molecular flexibility index (Phi) is 7.55. The Labute approximate surface area is 194 Å². The molecule has 10 nitrogen and oxygen atoms in total. The number of nitrogens with zero attached hydrogens (tertiary/aromatic N) is 5. The van der Waals surface area contributed by atoms with Crippen LogP contribution in [0.5, 0.6) is 5.88 Å². The maximum absolute atomic E-state index is 13.3. The highest BCUT2D eigenvalue weighted by molar-refractivity contribution is 7.89. The minimum Gasteiger partial charge on any atom is -0.472 e. The van der Waals surface area contributed by atoms with Crippen molar-refractivity contribution in [1.82, 2.24) is 23.7 Å². The Morgan fingerprint density at radius 2 is 2.12 bits per heavy atom. The van der Waals surface area contributed by atoms with E-state index in [0.717, 1.165) is 5.56 Å². The smallest absolute Gasteiger partial charge is 0.261 e. The van der Waals surface area contributed by atoms with Gasteiger partial charge in [-0.05, 0) is 25.5 Å². The van der Waals surface area contributed by atoms with Crippen molar-refractivity contribution in [3.63, 3.8) is 0 Å². The molecule has 0 saturated carbocycles. The number of hydrogen-bond acceptors (Lipinski definition) is 7. The lowest BCUT2D eigenvalue weighted by Gasteiger charge is -2.37. The van der Waals surface area contributed by atoms with Gasteiger partial charge in [0.25, 0.3) is 15.9 Å². The van der Waals surface area contributed by atoms with E-state index in [1.165, 1.54) is 23.9 Å². The zero-order valence-corrected chi connectivity index (χ0v) is 20.4. The number of aliphatic hydroxyl groups is 1. The quantitative estimate of drug-likeness (QED) is 0.640. The monoisotopic (exact) mass is 477 g/mol. The van der Waals surface area contributed by atoms with Gasteiger partial charge in [0.05, 0.1) is 25.5 Å². The van der Waals surface area contributed by atoms with Gasteiger partial charge in [-0.3, -0.25) is 4.79 Å². The summed E-state index contributed by atoms with van der Waals surface area (Å²) in [5, 5.41) is 9.69. The van der Waals surface area contributed by atoms with E-state index in [-0.39, 0.29) is 48.0 Å². The second-order valence-corrected chi connectivity index (χ2v) is 10.4. The minimum absolute atomic E-state index is 0.0351. The number of imidazole rings is 1. The molecule has 33 heavy (non-hydrogen) atoms. The summed E-state index contributed by atoms with van der Waals surface area (Å²) in [7, 11) is -0.655.